The number of carbonyl (C=O) groups is 1. The van der Waals surface area contributed by atoms with Gasteiger partial charge in [0.2, 0.25) is 0 Å². The van der Waals surface area contributed by atoms with E-state index in [-0.39, 0.29) is 5.91 Å². The Hall–Kier alpha value is -2.43. The summed E-state index contributed by atoms with van der Waals surface area (Å²) < 4.78 is 15.9. The summed E-state index contributed by atoms with van der Waals surface area (Å²) in [5.74, 6) is 1.97. The number of methoxy groups -OCH3 is 2. The summed E-state index contributed by atoms with van der Waals surface area (Å²) in [6.07, 6.45) is 0.753. The smallest absolute Gasteiger partial charge is 0.291 e. The van der Waals surface area contributed by atoms with E-state index in [9.17, 15) is 4.79 Å². The lowest BCUT2D eigenvalue weighted by Crippen LogP contribution is -2.12. The van der Waals surface area contributed by atoms with E-state index in [0.717, 1.165) is 17.7 Å². The molecular formula is C16H19NO4. The first-order valence-electron chi connectivity index (χ1n) is 6.71. The summed E-state index contributed by atoms with van der Waals surface area (Å²) in [6, 6.07) is 7.02. The second-order valence-electron chi connectivity index (χ2n) is 4.60. The van der Waals surface area contributed by atoms with Crippen LogP contribution in [-0.4, -0.2) is 20.1 Å². The van der Waals surface area contributed by atoms with Crippen LogP contribution in [0.3, 0.4) is 0 Å². The average Bonchev–Trinajstić information content (AvgIpc) is 2.97. The molecule has 1 heterocycles. The molecule has 5 nitrogen and oxygen atoms in total. The number of hydrogen-bond donors (Lipinski definition) is 1. The predicted molar refractivity (Wildman–Crippen MR) is 80.3 cm³/mol. The van der Waals surface area contributed by atoms with Gasteiger partial charge >= 0.3 is 0 Å². The number of benzene rings is 1. The molecular weight excluding hydrogens is 270 g/mol. The summed E-state index contributed by atoms with van der Waals surface area (Å²) in [6.45, 7) is 3.86. The fourth-order valence-corrected chi connectivity index (χ4v) is 1.99. The van der Waals surface area contributed by atoms with Gasteiger partial charge in [0.15, 0.2) is 17.3 Å². The van der Waals surface area contributed by atoms with Crippen LogP contribution >= 0.6 is 0 Å². The van der Waals surface area contributed by atoms with Gasteiger partial charge in [-0.05, 0) is 30.7 Å². The van der Waals surface area contributed by atoms with E-state index in [2.05, 4.69) is 5.32 Å². The molecule has 1 aromatic heterocycles. The lowest BCUT2D eigenvalue weighted by molar-refractivity contribution is 0.0995. The summed E-state index contributed by atoms with van der Waals surface area (Å²) >= 11 is 0. The maximum absolute atomic E-state index is 12.2. The monoisotopic (exact) mass is 289 g/mol. The zero-order valence-electron chi connectivity index (χ0n) is 12.6. The highest BCUT2D eigenvalue weighted by atomic mass is 16.5. The van der Waals surface area contributed by atoms with Crippen molar-refractivity contribution < 1.29 is 18.7 Å². The highest BCUT2D eigenvalue weighted by Crippen LogP contribution is 2.33. The van der Waals surface area contributed by atoms with Gasteiger partial charge in [0.1, 0.15) is 5.76 Å². The van der Waals surface area contributed by atoms with E-state index in [0.29, 0.717) is 22.9 Å². The Morgan fingerprint density at radius 1 is 1.19 bits per heavy atom. The third-order valence-electron chi connectivity index (χ3n) is 3.21. The number of aryl methyl sites for hydroxylation is 2. The van der Waals surface area contributed by atoms with Crippen molar-refractivity contribution in [2.24, 2.45) is 0 Å². The quantitative estimate of drug-likeness (QED) is 0.916. The molecule has 2 rings (SSSR count). The van der Waals surface area contributed by atoms with E-state index in [1.54, 1.807) is 32.4 Å². The van der Waals surface area contributed by atoms with Gasteiger partial charge in [-0.25, -0.2) is 0 Å². The standard InChI is InChI=1S/C16H19NO4/c1-5-11-6-7-13(21-11)16(18)17-12-9-15(20-4)14(19-3)8-10(12)2/h6-9H,5H2,1-4H3,(H,17,18). The van der Waals surface area contributed by atoms with Crippen LogP contribution in [0.5, 0.6) is 11.5 Å². The molecule has 0 unspecified atom stereocenters. The van der Waals surface area contributed by atoms with Crippen molar-refractivity contribution in [1.82, 2.24) is 0 Å². The molecule has 2 aromatic rings. The maximum Gasteiger partial charge on any atom is 0.291 e. The molecule has 112 valence electrons. The third kappa shape index (κ3) is 3.18. The van der Waals surface area contributed by atoms with E-state index in [1.165, 1.54) is 0 Å². The predicted octanol–water partition coefficient (Wildman–Crippen LogP) is 3.42. The number of amides is 1. The van der Waals surface area contributed by atoms with Gasteiger partial charge in [0, 0.05) is 18.2 Å². The second kappa shape index (κ2) is 6.35. The molecule has 0 aliphatic carbocycles. The Kier molecular flexibility index (Phi) is 4.52. The normalized spacial score (nSPS) is 10.3. The summed E-state index contributed by atoms with van der Waals surface area (Å²) in [4.78, 5) is 12.2. The second-order valence-corrected chi connectivity index (χ2v) is 4.60. The number of furan rings is 1. The van der Waals surface area contributed by atoms with Crippen LogP contribution < -0.4 is 14.8 Å². The van der Waals surface area contributed by atoms with E-state index < -0.39 is 0 Å². The lowest BCUT2D eigenvalue weighted by Gasteiger charge is -2.13. The highest BCUT2D eigenvalue weighted by Gasteiger charge is 2.14. The first-order valence-corrected chi connectivity index (χ1v) is 6.71. The van der Waals surface area contributed by atoms with Gasteiger partial charge in [0.05, 0.1) is 14.2 Å². The van der Waals surface area contributed by atoms with Crippen molar-refractivity contribution in [1.29, 1.82) is 0 Å². The van der Waals surface area contributed by atoms with Gasteiger partial charge in [-0.15, -0.1) is 0 Å². The molecule has 0 atom stereocenters. The SMILES string of the molecule is CCc1ccc(C(=O)Nc2cc(OC)c(OC)cc2C)o1. The Morgan fingerprint density at radius 3 is 2.43 bits per heavy atom. The van der Waals surface area contributed by atoms with Crippen LogP contribution in [0.15, 0.2) is 28.7 Å². The van der Waals surface area contributed by atoms with Crippen molar-refractivity contribution >= 4 is 11.6 Å². The minimum absolute atomic E-state index is 0.287. The molecule has 0 aliphatic heterocycles. The summed E-state index contributed by atoms with van der Waals surface area (Å²) in [7, 11) is 3.13. The molecule has 0 spiro atoms. The van der Waals surface area contributed by atoms with Crippen LogP contribution in [0.25, 0.3) is 0 Å². The summed E-state index contributed by atoms with van der Waals surface area (Å²) in [5.41, 5.74) is 1.54. The van der Waals surface area contributed by atoms with Crippen molar-refractivity contribution in [3.05, 3.63) is 41.3 Å². The number of carbonyl (C=O) groups excluding carboxylic acids is 1. The van der Waals surface area contributed by atoms with Crippen LogP contribution in [0.4, 0.5) is 5.69 Å². The molecule has 21 heavy (non-hydrogen) atoms. The van der Waals surface area contributed by atoms with Gasteiger partial charge in [0.25, 0.3) is 5.91 Å². The molecule has 0 saturated carbocycles. The van der Waals surface area contributed by atoms with Crippen LogP contribution in [0, 0.1) is 6.92 Å². The Bertz CT molecular complexity index is 646. The number of nitrogens with one attached hydrogen (secondary N) is 1. The molecule has 0 saturated heterocycles. The largest absolute Gasteiger partial charge is 0.493 e. The number of ether oxygens (including phenoxy) is 2. The minimum Gasteiger partial charge on any atom is -0.493 e. The third-order valence-corrected chi connectivity index (χ3v) is 3.21. The molecule has 0 fully saturated rings. The fraction of sp³-hybridized carbons (Fsp3) is 0.312. The molecule has 1 N–H and O–H groups in total. The molecule has 0 aliphatic rings. The highest BCUT2D eigenvalue weighted by molar-refractivity contribution is 6.02. The van der Waals surface area contributed by atoms with E-state index in [1.807, 2.05) is 19.9 Å². The van der Waals surface area contributed by atoms with Crippen molar-refractivity contribution in [2.45, 2.75) is 20.3 Å². The number of rotatable bonds is 5. The Labute approximate surface area is 123 Å². The van der Waals surface area contributed by atoms with Crippen LogP contribution in [0.2, 0.25) is 0 Å². The molecule has 0 radical (unpaired) electrons. The average molecular weight is 289 g/mol. The summed E-state index contributed by atoms with van der Waals surface area (Å²) in [5, 5.41) is 2.82. The topological polar surface area (TPSA) is 60.7 Å². The van der Waals surface area contributed by atoms with Gasteiger partial charge < -0.3 is 19.2 Å². The minimum atomic E-state index is -0.287. The molecule has 5 heteroatoms. The maximum atomic E-state index is 12.2. The van der Waals surface area contributed by atoms with Gasteiger partial charge in [-0.1, -0.05) is 6.92 Å². The first-order chi connectivity index (χ1) is 10.1. The Balaban J connectivity index is 2.24. The zero-order chi connectivity index (χ0) is 15.4. The first kappa shape index (κ1) is 15.0. The van der Waals surface area contributed by atoms with Crippen molar-refractivity contribution in [2.75, 3.05) is 19.5 Å². The molecule has 0 bridgehead atoms. The van der Waals surface area contributed by atoms with Crippen molar-refractivity contribution in [3.8, 4) is 11.5 Å². The number of anilines is 1. The van der Waals surface area contributed by atoms with Crippen molar-refractivity contribution in [3.63, 3.8) is 0 Å². The number of hydrogen-bond acceptors (Lipinski definition) is 4. The molecule has 1 aromatic carbocycles. The van der Waals surface area contributed by atoms with Gasteiger partial charge in [-0.3, -0.25) is 4.79 Å². The van der Waals surface area contributed by atoms with E-state index >= 15 is 0 Å². The van der Waals surface area contributed by atoms with E-state index in [4.69, 9.17) is 13.9 Å². The van der Waals surface area contributed by atoms with Crippen LogP contribution in [0.1, 0.15) is 28.8 Å². The Morgan fingerprint density at radius 2 is 1.86 bits per heavy atom. The lowest BCUT2D eigenvalue weighted by atomic mass is 10.1. The fourth-order valence-electron chi connectivity index (χ4n) is 1.99. The molecule has 1 amide bonds. The van der Waals surface area contributed by atoms with Gasteiger partial charge in [-0.2, -0.15) is 0 Å². The zero-order valence-corrected chi connectivity index (χ0v) is 12.6. The van der Waals surface area contributed by atoms with Crippen LogP contribution in [-0.2, 0) is 6.42 Å².